The molecule has 1 amide bonds. The molecule has 1 aliphatic rings. The smallest absolute Gasteiger partial charge is 0.270 e. The van der Waals surface area contributed by atoms with Crippen LogP contribution in [0.25, 0.3) is 17.0 Å². The number of amides is 1. The van der Waals surface area contributed by atoms with Gasteiger partial charge >= 0.3 is 0 Å². The number of carbonyl (C=O) groups is 1. The maximum atomic E-state index is 13.2. The molecule has 1 aromatic heterocycles. The van der Waals surface area contributed by atoms with Gasteiger partial charge in [0.2, 0.25) is 0 Å². The zero-order valence-electron chi connectivity index (χ0n) is 20.4. The number of nitro benzene ring substituents is 1. The molecule has 2 heterocycles. The summed E-state index contributed by atoms with van der Waals surface area (Å²) in [5.74, 6) is 0.345. The fraction of sp³-hybridized carbons (Fsp3) is 0.0345. The number of rotatable bonds is 6. The highest BCUT2D eigenvalue weighted by atomic mass is 35.5. The number of hydrogen-bond acceptors (Lipinski definition) is 7. The number of thioether (sulfide) groups is 1. The molecule has 1 aliphatic heterocycles. The predicted octanol–water partition coefficient (Wildman–Crippen LogP) is 7.74. The summed E-state index contributed by atoms with van der Waals surface area (Å²) < 4.78 is 6.13. The predicted molar refractivity (Wildman–Crippen MR) is 153 cm³/mol. The quantitative estimate of drug-likeness (QED) is 0.112. The molecule has 0 bridgehead atoms. The maximum absolute atomic E-state index is 13.2. The van der Waals surface area contributed by atoms with Gasteiger partial charge in [0.05, 0.1) is 15.6 Å². The first-order chi connectivity index (χ1) is 18.9. The van der Waals surface area contributed by atoms with Gasteiger partial charge in [-0.25, -0.2) is 0 Å². The van der Waals surface area contributed by atoms with E-state index in [0.717, 1.165) is 11.3 Å². The third-order valence-electron chi connectivity index (χ3n) is 5.89. The number of nitro groups is 1. The standard InChI is InChI=1S/C29H19ClN4O4S/c1-18-7-9-19(10-8-18)32-28(35)23(16-31)29-33(20-5-3-2-4-6-20)25(17-39-29)27-14-13-26(38-27)22-12-11-21(34(36)37)15-24(22)30/h2-15,17H,1H3,(H,32,35). The summed E-state index contributed by atoms with van der Waals surface area (Å²) in [6.45, 7) is 1.95. The van der Waals surface area contributed by atoms with Crippen molar-refractivity contribution in [3.63, 3.8) is 0 Å². The van der Waals surface area contributed by atoms with E-state index in [1.807, 2.05) is 49.4 Å². The Kier molecular flexibility index (Phi) is 7.23. The number of carbonyl (C=O) groups excluding carboxylic acids is 1. The van der Waals surface area contributed by atoms with Crippen molar-refractivity contribution in [1.29, 1.82) is 5.26 Å². The first kappa shape index (κ1) is 25.9. The molecular formula is C29H19ClN4O4S. The zero-order valence-corrected chi connectivity index (χ0v) is 22.0. The van der Waals surface area contributed by atoms with Crippen molar-refractivity contribution in [3.05, 3.63) is 127 Å². The number of nitrogens with one attached hydrogen (secondary N) is 1. The largest absolute Gasteiger partial charge is 0.454 e. The maximum Gasteiger partial charge on any atom is 0.270 e. The molecule has 3 aromatic carbocycles. The van der Waals surface area contributed by atoms with Crippen LogP contribution in [-0.2, 0) is 4.79 Å². The topological polar surface area (TPSA) is 112 Å². The van der Waals surface area contributed by atoms with Gasteiger partial charge in [0, 0.05) is 34.5 Å². The van der Waals surface area contributed by atoms with Gasteiger partial charge in [-0.05, 0) is 49.4 Å². The van der Waals surface area contributed by atoms with E-state index in [0.29, 0.717) is 33.5 Å². The number of furan rings is 1. The van der Waals surface area contributed by atoms with E-state index in [-0.39, 0.29) is 16.3 Å². The van der Waals surface area contributed by atoms with Crippen LogP contribution in [0.4, 0.5) is 17.1 Å². The van der Waals surface area contributed by atoms with Gasteiger partial charge in [-0.3, -0.25) is 19.8 Å². The van der Waals surface area contributed by atoms with Crippen molar-refractivity contribution in [1.82, 2.24) is 0 Å². The van der Waals surface area contributed by atoms with Crippen molar-refractivity contribution in [2.45, 2.75) is 6.92 Å². The van der Waals surface area contributed by atoms with Crippen LogP contribution in [0.5, 0.6) is 0 Å². The van der Waals surface area contributed by atoms with Gasteiger partial charge in [-0.2, -0.15) is 5.26 Å². The molecule has 10 heteroatoms. The number of para-hydroxylation sites is 1. The van der Waals surface area contributed by atoms with Crippen LogP contribution in [0.2, 0.25) is 5.02 Å². The van der Waals surface area contributed by atoms with Gasteiger partial charge in [-0.1, -0.05) is 59.3 Å². The summed E-state index contributed by atoms with van der Waals surface area (Å²) in [6.07, 6.45) is 0. The van der Waals surface area contributed by atoms with Gasteiger partial charge in [0.15, 0.2) is 5.76 Å². The van der Waals surface area contributed by atoms with E-state index in [2.05, 4.69) is 11.4 Å². The van der Waals surface area contributed by atoms with E-state index >= 15 is 0 Å². The van der Waals surface area contributed by atoms with Crippen LogP contribution in [0.15, 0.2) is 105 Å². The highest BCUT2D eigenvalue weighted by Gasteiger charge is 2.31. The molecule has 0 unspecified atom stereocenters. The van der Waals surface area contributed by atoms with Crippen LogP contribution in [-0.4, -0.2) is 10.8 Å². The molecule has 0 atom stereocenters. The van der Waals surface area contributed by atoms with Crippen LogP contribution < -0.4 is 10.2 Å². The second kappa shape index (κ2) is 10.9. The molecule has 5 rings (SSSR count). The van der Waals surface area contributed by atoms with Gasteiger partial charge in [0.25, 0.3) is 11.6 Å². The van der Waals surface area contributed by atoms with E-state index < -0.39 is 10.8 Å². The van der Waals surface area contributed by atoms with Gasteiger partial charge in [0.1, 0.15) is 22.4 Å². The molecule has 0 saturated carbocycles. The summed E-state index contributed by atoms with van der Waals surface area (Å²) in [6, 6.07) is 26.3. The van der Waals surface area contributed by atoms with Crippen LogP contribution >= 0.6 is 23.4 Å². The van der Waals surface area contributed by atoms with E-state index in [1.165, 1.54) is 30.0 Å². The van der Waals surface area contributed by atoms with Crippen molar-refractivity contribution in [3.8, 4) is 17.4 Å². The third-order valence-corrected chi connectivity index (χ3v) is 7.15. The summed E-state index contributed by atoms with van der Waals surface area (Å²) >= 11 is 7.55. The molecule has 0 fully saturated rings. The molecule has 0 saturated heterocycles. The average molecular weight is 555 g/mol. The minimum Gasteiger partial charge on any atom is -0.454 e. The van der Waals surface area contributed by atoms with E-state index in [9.17, 15) is 20.2 Å². The molecule has 0 aliphatic carbocycles. The second-order valence-electron chi connectivity index (χ2n) is 8.49. The van der Waals surface area contributed by atoms with E-state index in [4.69, 9.17) is 16.0 Å². The highest BCUT2D eigenvalue weighted by Crippen LogP contribution is 2.45. The fourth-order valence-corrected chi connectivity index (χ4v) is 5.24. The molecule has 1 N–H and O–H groups in total. The van der Waals surface area contributed by atoms with Crippen LogP contribution in [0.1, 0.15) is 11.3 Å². The number of benzene rings is 3. The summed E-state index contributed by atoms with van der Waals surface area (Å²) in [7, 11) is 0. The molecule has 0 spiro atoms. The number of nitrogens with zero attached hydrogens (tertiary/aromatic N) is 3. The number of halogens is 1. The Labute approximate surface area is 233 Å². The molecule has 39 heavy (non-hydrogen) atoms. The molecule has 0 radical (unpaired) electrons. The lowest BCUT2D eigenvalue weighted by Gasteiger charge is -2.23. The van der Waals surface area contributed by atoms with Crippen molar-refractivity contribution >= 4 is 52.0 Å². The fourth-order valence-electron chi connectivity index (χ4n) is 3.96. The van der Waals surface area contributed by atoms with Crippen molar-refractivity contribution in [2.24, 2.45) is 0 Å². The third kappa shape index (κ3) is 5.29. The molecular weight excluding hydrogens is 536 g/mol. The number of hydrogen-bond donors (Lipinski definition) is 1. The lowest BCUT2D eigenvalue weighted by Crippen LogP contribution is -2.22. The number of aryl methyl sites for hydroxylation is 1. The van der Waals surface area contributed by atoms with Crippen molar-refractivity contribution in [2.75, 3.05) is 10.2 Å². The lowest BCUT2D eigenvalue weighted by molar-refractivity contribution is -0.384. The highest BCUT2D eigenvalue weighted by molar-refractivity contribution is 8.06. The molecule has 192 valence electrons. The summed E-state index contributed by atoms with van der Waals surface area (Å²) in [5, 5.41) is 26.3. The lowest BCUT2D eigenvalue weighted by atomic mass is 10.1. The Hall–Kier alpha value is -4.78. The molecule has 4 aromatic rings. The number of non-ortho nitro benzene ring substituents is 1. The Morgan fingerprint density at radius 2 is 1.77 bits per heavy atom. The summed E-state index contributed by atoms with van der Waals surface area (Å²) in [5.41, 5.74) is 3.29. The Morgan fingerprint density at radius 3 is 2.44 bits per heavy atom. The first-order valence-corrected chi connectivity index (χ1v) is 12.9. The first-order valence-electron chi connectivity index (χ1n) is 11.6. The van der Waals surface area contributed by atoms with Crippen molar-refractivity contribution < 1.29 is 14.1 Å². The monoisotopic (exact) mass is 554 g/mol. The second-order valence-corrected chi connectivity index (χ2v) is 9.75. The normalized spacial score (nSPS) is 14.0. The Bertz CT molecular complexity index is 1690. The van der Waals surface area contributed by atoms with E-state index in [1.54, 1.807) is 34.6 Å². The van der Waals surface area contributed by atoms with Crippen LogP contribution in [0.3, 0.4) is 0 Å². The van der Waals surface area contributed by atoms with Gasteiger partial charge in [-0.15, -0.1) is 0 Å². The minimum atomic E-state index is -0.530. The number of nitriles is 1. The average Bonchev–Trinajstić information content (AvgIpc) is 3.59. The Morgan fingerprint density at radius 1 is 1.05 bits per heavy atom. The minimum absolute atomic E-state index is 0.0547. The Balaban J connectivity index is 1.52. The SMILES string of the molecule is Cc1ccc(NC(=O)C(C#N)=C2SC=C(c3ccc(-c4ccc([N+](=O)[O-])cc4Cl)o3)N2c2ccccc2)cc1. The molecule has 8 nitrogen and oxygen atoms in total. The zero-order chi connectivity index (χ0) is 27.5. The summed E-state index contributed by atoms with van der Waals surface area (Å²) in [4.78, 5) is 25.5. The van der Waals surface area contributed by atoms with Gasteiger partial charge < -0.3 is 9.73 Å². The number of anilines is 2. The van der Waals surface area contributed by atoms with Crippen LogP contribution in [0, 0.1) is 28.4 Å².